The Bertz CT molecular complexity index is 85.3. The van der Waals surface area contributed by atoms with E-state index < -0.39 is 0 Å². The number of nitrogens with zero attached hydrogens (tertiary/aromatic N) is 1. The van der Waals surface area contributed by atoms with Crippen molar-refractivity contribution in [1.82, 2.24) is 4.90 Å². The molecule has 10 heavy (non-hydrogen) atoms. The van der Waals surface area contributed by atoms with Crippen LogP contribution in [0.25, 0.3) is 0 Å². The predicted octanol–water partition coefficient (Wildman–Crippen LogP) is 1.64. The molecular weight excluding hydrogens is 189 g/mol. The summed E-state index contributed by atoms with van der Waals surface area (Å²) < 4.78 is 0. The topological polar surface area (TPSA) is 3.24 Å². The van der Waals surface area contributed by atoms with Crippen LogP contribution in [0, 0.1) is 0 Å². The van der Waals surface area contributed by atoms with Gasteiger partial charge in [0.15, 0.2) is 0 Å². The van der Waals surface area contributed by atoms with Gasteiger partial charge in [-0.25, -0.2) is 0 Å². The molecule has 0 amide bonds. The van der Waals surface area contributed by atoms with Crippen LogP contribution in [0.5, 0.6) is 0 Å². The first-order valence-corrected chi connectivity index (χ1v) is 6.55. The summed E-state index contributed by atoms with van der Waals surface area (Å²) in [5, 5.41) is 2.99. The van der Waals surface area contributed by atoms with Gasteiger partial charge >= 0.3 is 69.9 Å². The molecule has 0 aromatic rings. The van der Waals surface area contributed by atoms with Crippen molar-refractivity contribution in [3.8, 4) is 0 Å². The molecule has 0 aromatic carbocycles. The Labute approximate surface area is 70.3 Å². The van der Waals surface area contributed by atoms with Crippen molar-refractivity contribution >= 4 is 15.0 Å². The zero-order chi connectivity index (χ0) is 7.40. The SMILES string of the molecule is CC(C)N1CCC[Se]CC1. The van der Waals surface area contributed by atoms with E-state index in [0.717, 1.165) is 21.0 Å². The summed E-state index contributed by atoms with van der Waals surface area (Å²) in [6.07, 6.45) is 1.44. The van der Waals surface area contributed by atoms with Gasteiger partial charge in [-0.2, -0.15) is 0 Å². The van der Waals surface area contributed by atoms with Crippen LogP contribution in [0.4, 0.5) is 0 Å². The Balaban J connectivity index is 2.28. The predicted molar refractivity (Wildman–Crippen MR) is 46.7 cm³/mol. The van der Waals surface area contributed by atoms with Crippen LogP contribution in [-0.4, -0.2) is 39.0 Å². The average Bonchev–Trinajstić information content (AvgIpc) is 2.12. The van der Waals surface area contributed by atoms with Crippen molar-refractivity contribution < 1.29 is 0 Å². The third kappa shape index (κ3) is 2.61. The second-order valence-electron chi connectivity index (χ2n) is 3.10. The fourth-order valence-corrected chi connectivity index (χ4v) is 3.17. The normalized spacial score (nSPS) is 23.1. The van der Waals surface area contributed by atoms with Gasteiger partial charge in [0.25, 0.3) is 0 Å². The molecule has 1 saturated heterocycles. The van der Waals surface area contributed by atoms with Crippen LogP contribution >= 0.6 is 0 Å². The first-order chi connectivity index (χ1) is 4.80. The van der Waals surface area contributed by atoms with Crippen molar-refractivity contribution in [3.05, 3.63) is 0 Å². The van der Waals surface area contributed by atoms with Crippen molar-refractivity contribution in [3.63, 3.8) is 0 Å². The summed E-state index contributed by atoms with van der Waals surface area (Å²) in [7, 11) is 0. The van der Waals surface area contributed by atoms with E-state index in [1.807, 2.05) is 0 Å². The van der Waals surface area contributed by atoms with Gasteiger partial charge in [0, 0.05) is 0 Å². The van der Waals surface area contributed by atoms with Crippen molar-refractivity contribution in [1.29, 1.82) is 0 Å². The minimum absolute atomic E-state index is 0.772. The standard InChI is InChI=1S/C8H17NSe/c1-8(2)9-4-3-6-10-7-5-9/h8H,3-7H2,1-2H3. The molecule has 0 atom stereocenters. The van der Waals surface area contributed by atoms with Crippen molar-refractivity contribution in [2.24, 2.45) is 0 Å². The van der Waals surface area contributed by atoms with Crippen LogP contribution in [0.2, 0.25) is 10.6 Å². The van der Waals surface area contributed by atoms with E-state index in [0.29, 0.717) is 0 Å². The quantitative estimate of drug-likeness (QED) is 0.589. The van der Waals surface area contributed by atoms with Gasteiger partial charge < -0.3 is 0 Å². The van der Waals surface area contributed by atoms with E-state index in [-0.39, 0.29) is 0 Å². The van der Waals surface area contributed by atoms with Crippen LogP contribution in [0.3, 0.4) is 0 Å². The molecule has 0 spiro atoms. The molecule has 0 unspecified atom stereocenters. The molecule has 1 aliphatic heterocycles. The minimum atomic E-state index is 0.772. The van der Waals surface area contributed by atoms with E-state index >= 15 is 0 Å². The van der Waals surface area contributed by atoms with E-state index in [1.54, 1.807) is 0 Å². The van der Waals surface area contributed by atoms with E-state index in [2.05, 4.69) is 18.7 Å². The van der Waals surface area contributed by atoms with Crippen LogP contribution < -0.4 is 0 Å². The monoisotopic (exact) mass is 207 g/mol. The molecule has 0 aromatic heterocycles. The Morgan fingerprint density at radius 2 is 2.00 bits per heavy atom. The molecular formula is C8H17NSe. The number of hydrogen-bond acceptors (Lipinski definition) is 1. The number of hydrogen-bond donors (Lipinski definition) is 0. The van der Waals surface area contributed by atoms with Gasteiger partial charge in [-0.1, -0.05) is 0 Å². The second-order valence-corrected chi connectivity index (χ2v) is 5.67. The molecule has 0 aliphatic carbocycles. The van der Waals surface area contributed by atoms with Crippen LogP contribution in [-0.2, 0) is 0 Å². The molecule has 1 rings (SSSR count). The third-order valence-corrected chi connectivity index (χ3v) is 4.19. The zero-order valence-corrected chi connectivity index (χ0v) is 8.68. The molecule has 0 saturated carbocycles. The zero-order valence-electron chi connectivity index (χ0n) is 6.97. The molecule has 0 bridgehead atoms. The maximum absolute atomic E-state index is 2.61. The summed E-state index contributed by atoms with van der Waals surface area (Å²) in [6, 6.07) is 0.772. The Hall–Kier alpha value is 0.479. The molecule has 1 fully saturated rings. The van der Waals surface area contributed by atoms with Gasteiger partial charge in [-0.15, -0.1) is 0 Å². The van der Waals surface area contributed by atoms with Gasteiger partial charge in [-0.05, 0) is 0 Å². The molecule has 2 heteroatoms. The summed E-state index contributed by atoms with van der Waals surface area (Å²) in [4.78, 5) is 2.61. The first kappa shape index (κ1) is 8.57. The van der Waals surface area contributed by atoms with E-state index in [9.17, 15) is 0 Å². The van der Waals surface area contributed by atoms with Gasteiger partial charge in [-0.3, -0.25) is 0 Å². The molecule has 1 heterocycles. The Morgan fingerprint density at radius 1 is 1.20 bits per heavy atom. The molecule has 0 N–H and O–H groups in total. The maximum atomic E-state index is 2.61. The van der Waals surface area contributed by atoms with Crippen molar-refractivity contribution in [2.75, 3.05) is 13.1 Å². The molecule has 1 nitrogen and oxygen atoms in total. The summed E-state index contributed by atoms with van der Waals surface area (Å²) in [6.45, 7) is 7.31. The summed E-state index contributed by atoms with van der Waals surface area (Å²) >= 11 is 0.962. The fourth-order valence-electron chi connectivity index (χ4n) is 1.28. The Morgan fingerprint density at radius 3 is 2.70 bits per heavy atom. The second kappa shape index (κ2) is 4.38. The summed E-state index contributed by atoms with van der Waals surface area (Å²) in [5.41, 5.74) is 0. The third-order valence-electron chi connectivity index (χ3n) is 1.99. The van der Waals surface area contributed by atoms with Gasteiger partial charge in [0.05, 0.1) is 0 Å². The van der Waals surface area contributed by atoms with Crippen LogP contribution in [0.15, 0.2) is 0 Å². The summed E-state index contributed by atoms with van der Waals surface area (Å²) in [5.74, 6) is 0. The molecule has 1 aliphatic rings. The average molecular weight is 206 g/mol. The Kier molecular flexibility index (Phi) is 3.75. The molecule has 0 radical (unpaired) electrons. The van der Waals surface area contributed by atoms with E-state index in [1.165, 1.54) is 30.1 Å². The van der Waals surface area contributed by atoms with Crippen molar-refractivity contribution in [2.45, 2.75) is 36.9 Å². The number of rotatable bonds is 1. The van der Waals surface area contributed by atoms with Gasteiger partial charge in [0.1, 0.15) is 0 Å². The molecule has 60 valence electrons. The van der Waals surface area contributed by atoms with Crippen LogP contribution in [0.1, 0.15) is 20.3 Å². The van der Waals surface area contributed by atoms with Gasteiger partial charge in [0.2, 0.25) is 0 Å². The van der Waals surface area contributed by atoms with E-state index in [4.69, 9.17) is 0 Å². The fraction of sp³-hybridized carbons (Fsp3) is 1.00. The first-order valence-electron chi connectivity index (χ1n) is 4.12.